The lowest BCUT2D eigenvalue weighted by atomic mass is 9.96. The zero-order chi connectivity index (χ0) is 16.6. The minimum atomic E-state index is -0.619. The predicted molar refractivity (Wildman–Crippen MR) is 91.3 cm³/mol. The van der Waals surface area contributed by atoms with E-state index >= 15 is 0 Å². The maximum absolute atomic E-state index is 12.6. The quantitative estimate of drug-likeness (QED) is 0.941. The predicted octanol–water partition coefficient (Wildman–Crippen LogP) is 3.06. The number of ether oxygens (including phenoxy) is 2. The maximum Gasteiger partial charge on any atom is 0.265 e. The van der Waals surface area contributed by atoms with E-state index in [0.29, 0.717) is 18.0 Å². The van der Waals surface area contributed by atoms with Crippen molar-refractivity contribution in [1.29, 1.82) is 0 Å². The summed E-state index contributed by atoms with van der Waals surface area (Å²) in [4.78, 5) is 12.6. The van der Waals surface area contributed by atoms with Gasteiger partial charge < -0.3 is 14.8 Å². The van der Waals surface area contributed by atoms with Gasteiger partial charge in [0.25, 0.3) is 5.91 Å². The zero-order valence-corrected chi connectivity index (χ0v) is 13.7. The van der Waals surface area contributed by atoms with E-state index in [1.165, 1.54) is 5.56 Å². The second-order valence-corrected chi connectivity index (χ2v) is 6.67. The molecule has 2 unspecified atom stereocenters. The Kier molecular flexibility index (Phi) is 3.68. The summed E-state index contributed by atoms with van der Waals surface area (Å²) in [5.41, 5.74) is 1.39. The van der Waals surface area contributed by atoms with Crippen LogP contribution in [-0.4, -0.2) is 24.7 Å². The van der Waals surface area contributed by atoms with Crippen molar-refractivity contribution in [2.24, 2.45) is 0 Å². The van der Waals surface area contributed by atoms with Gasteiger partial charge in [0.2, 0.25) is 6.10 Å². The monoisotopic (exact) mass is 323 g/mol. The molecule has 4 heteroatoms. The number of fused-ring (bicyclic) bond motifs is 1. The Balaban J connectivity index is 1.42. The van der Waals surface area contributed by atoms with E-state index in [1.54, 1.807) is 0 Å². The highest BCUT2D eigenvalue weighted by Gasteiger charge is 2.45. The van der Waals surface area contributed by atoms with Gasteiger partial charge in [-0.2, -0.15) is 0 Å². The van der Waals surface area contributed by atoms with Crippen molar-refractivity contribution in [2.75, 3.05) is 6.54 Å². The summed E-state index contributed by atoms with van der Waals surface area (Å²) in [7, 11) is 0. The lowest BCUT2D eigenvalue weighted by molar-refractivity contribution is -0.133. The number of carbonyl (C=O) groups excluding carboxylic acids is 1. The Labute approximate surface area is 141 Å². The van der Waals surface area contributed by atoms with Crippen LogP contribution in [0.2, 0.25) is 0 Å². The van der Waals surface area contributed by atoms with Crippen molar-refractivity contribution in [3.8, 4) is 11.5 Å². The summed E-state index contributed by atoms with van der Waals surface area (Å²) < 4.78 is 11.7. The molecule has 1 aliphatic carbocycles. The van der Waals surface area contributed by atoms with Gasteiger partial charge in [-0.3, -0.25) is 4.79 Å². The third-order valence-electron chi connectivity index (χ3n) is 4.94. The van der Waals surface area contributed by atoms with E-state index in [2.05, 4.69) is 17.4 Å². The summed E-state index contributed by atoms with van der Waals surface area (Å²) in [5.74, 6) is 1.20. The molecular weight excluding hydrogens is 302 g/mol. The fourth-order valence-electron chi connectivity index (χ4n) is 3.27. The molecule has 1 heterocycles. The van der Waals surface area contributed by atoms with E-state index in [9.17, 15) is 4.79 Å². The van der Waals surface area contributed by atoms with Crippen LogP contribution in [0.15, 0.2) is 54.6 Å². The van der Waals surface area contributed by atoms with E-state index < -0.39 is 6.10 Å². The lowest BCUT2D eigenvalue weighted by Gasteiger charge is -2.31. The first-order valence-electron chi connectivity index (χ1n) is 8.44. The molecule has 2 aromatic rings. The zero-order valence-electron chi connectivity index (χ0n) is 13.7. The number of para-hydroxylation sites is 2. The van der Waals surface area contributed by atoms with Gasteiger partial charge in [0.05, 0.1) is 0 Å². The van der Waals surface area contributed by atoms with Gasteiger partial charge in [-0.1, -0.05) is 42.5 Å². The van der Waals surface area contributed by atoms with Gasteiger partial charge in [0, 0.05) is 12.0 Å². The minimum Gasteiger partial charge on any atom is -0.482 e. The van der Waals surface area contributed by atoms with Crippen molar-refractivity contribution in [2.45, 2.75) is 37.4 Å². The summed E-state index contributed by atoms with van der Waals surface area (Å²) in [6, 6.07) is 17.8. The smallest absolute Gasteiger partial charge is 0.265 e. The van der Waals surface area contributed by atoms with Crippen LogP contribution in [0.1, 0.15) is 25.3 Å². The van der Waals surface area contributed by atoms with Crippen LogP contribution in [0.25, 0.3) is 0 Å². The molecule has 2 aliphatic rings. The topological polar surface area (TPSA) is 47.6 Å². The molecule has 0 aromatic heterocycles. The molecule has 2 atom stereocenters. The van der Waals surface area contributed by atoms with Crippen LogP contribution in [0.5, 0.6) is 11.5 Å². The van der Waals surface area contributed by atoms with Gasteiger partial charge in [0.1, 0.15) is 6.10 Å². The van der Waals surface area contributed by atoms with Crippen LogP contribution < -0.4 is 14.8 Å². The van der Waals surface area contributed by atoms with Crippen LogP contribution in [0.4, 0.5) is 0 Å². The number of rotatable bonds is 4. The fraction of sp³-hybridized carbons (Fsp3) is 0.350. The second kappa shape index (κ2) is 5.86. The third-order valence-corrected chi connectivity index (χ3v) is 4.94. The van der Waals surface area contributed by atoms with Crippen LogP contribution >= 0.6 is 0 Å². The highest BCUT2D eigenvalue weighted by molar-refractivity contribution is 5.82. The molecule has 2 aromatic carbocycles. The van der Waals surface area contributed by atoms with Crippen LogP contribution in [0.3, 0.4) is 0 Å². The highest BCUT2D eigenvalue weighted by Crippen LogP contribution is 2.47. The molecule has 124 valence electrons. The Bertz CT molecular complexity index is 740. The fourth-order valence-corrected chi connectivity index (χ4v) is 3.27. The number of hydrogen-bond donors (Lipinski definition) is 1. The van der Waals surface area contributed by atoms with Crippen molar-refractivity contribution in [3.05, 3.63) is 60.2 Å². The summed E-state index contributed by atoms with van der Waals surface area (Å²) in [5, 5.41) is 3.07. The van der Waals surface area contributed by atoms with Crippen molar-refractivity contribution < 1.29 is 14.3 Å². The van der Waals surface area contributed by atoms with Gasteiger partial charge in [-0.05, 0) is 37.5 Å². The summed E-state index contributed by atoms with van der Waals surface area (Å²) >= 11 is 0. The molecule has 4 rings (SSSR count). The first-order chi connectivity index (χ1) is 11.7. The summed E-state index contributed by atoms with van der Waals surface area (Å²) in [6.07, 6.45) is 1.29. The van der Waals surface area contributed by atoms with E-state index in [4.69, 9.17) is 9.47 Å². The normalized spacial score (nSPS) is 23.4. The average Bonchev–Trinajstić information content (AvgIpc) is 3.41. The maximum atomic E-state index is 12.6. The van der Waals surface area contributed by atoms with Gasteiger partial charge in [-0.25, -0.2) is 0 Å². The van der Waals surface area contributed by atoms with Crippen LogP contribution in [0, 0.1) is 0 Å². The van der Waals surface area contributed by atoms with E-state index in [-0.39, 0.29) is 17.4 Å². The van der Waals surface area contributed by atoms with Gasteiger partial charge in [-0.15, -0.1) is 0 Å². The molecule has 0 spiro atoms. The first-order valence-corrected chi connectivity index (χ1v) is 8.44. The average molecular weight is 323 g/mol. The van der Waals surface area contributed by atoms with Crippen molar-refractivity contribution in [3.63, 3.8) is 0 Å². The minimum absolute atomic E-state index is 0.0909. The molecule has 1 N–H and O–H groups in total. The molecule has 0 radical (unpaired) electrons. The standard InChI is InChI=1S/C20H21NO3/c1-14-18(24-17-10-6-5-9-16(17)23-14)19(22)21-13-20(11-12-20)15-7-3-2-4-8-15/h2-10,14,18H,11-13H2,1H3,(H,21,22). The molecule has 1 saturated carbocycles. The summed E-state index contributed by atoms with van der Waals surface area (Å²) in [6.45, 7) is 2.51. The molecule has 1 aliphatic heterocycles. The largest absolute Gasteiger partial charge is 0.482 e. The van der Waals surface area contributed by atoms with Crippen molar-refractivity contribution >= 4 is 5.91 Å². The molecule has 24 heavy (non-hydrogen) atoms. The van der Waals surface area contributed by atoms with Crippen molar-refractivity contribution in [1.82, 2.24) is 5.32 Å². The molecule has 1 fully saturated rings. The van der Waals surface area contributed by atoms with Crippen LogP contribution in [-0.2, 0) is 10.2 Å². The molecular formula is C20H21NO3. The molecule has 4 nitrogen and oxygen atoms in total. The number of carbonyl (C=O) groups is 1. The number of hydrogen-bond acceptors (Lipinski definition) is 3. The molecule has 0 saturated heterocycles. The Morgan fingerprint density at radius 2 is 1.67 bits per heavy atom. The third kappa shape index (κ3) is 2.73. The number of benzene rings is 2. The SMILES string of the molecule is CC1Oc2ccccc2OC1C(=O)NCC1(c2ccccc2)CC1. The Morgan fingerprint density at radius 3 is 2.33 bits per heavy atom. The lowest BCUT2D eigenvalue weighted by Crippen LogP contribution is -2.50. The Hall–Kier alpha value is -2.49. The highest BCUT2D eigenvalue weighted by atomic mass is 16.6. The van der Waals surface area contributed by atoms with E-state index in [1.807, 2.05) is 49.4 Å². The number of nitrogens with one attached hydrogen (secondary N) is 1. The second-order valence-electron chi connectivity index (χ2n) is 6.67. The van der Waals surface area contributed by atoms with Gasteiger partial charge >= 0.3 is 0 Å². The molecule has 0 bridgehead atoms. The molecule has 1 amide bonds. The van der Waals surface area contributed by atoms with E-state index in [0.717, 1.165) is 12.8 Å². The first kappa shape index (κ1) is 15.1. The number of amides is 1. The van der Waals surface area contributed by atoms with Gasteiger partial charge in [0.15, 0.2) is 11.5 Å². The Morgan fingerprint density at radius 1 is 1.04 bits per heavy atom.